The number of benzene rings is 1. The van der Waals surface area contributed by atoms with Gasteiger partial charge in [0.1, 0.15) is 5.82 Å². The highest BCUT2D eigenvalue weighted by molar-refractivity contribution is 5.31. The number of nitrogens with two attached hydrogens (primary N) is 1. The van der Waals surface area contributed by atoms with Crippen LogP contribution in [0.4, 0.5) is 5.82 Å². The van der Waals surface area contributed by atoms with Crippen molar-refractivity contribution in [3.63, 3.8) is 0 Å². The largest absolute Gasteiger partial charge is 0.394 e. The van der Waals surface area contributed by atoms with Crippen LogP contribution in [0.2, 0.25) is 0 Å². The van der Waals surface area contributed by atoms with Crippen LogP contribution in [0, 0.1) is 6.92 Å². The molecule has 1 aromatic carbocycles. The van der Waals surface area contributed by atoms with Crippen LogP contribution in [0.15, 0.2) is 30.3 Å². The Morgan fingerprint density at radius 1 is 1.28 bits per heavy atom. The first-order valence-electron chi connectivity index (χ1n) is 6.17. The van der Waals surface area contributed by atoms with Gasteiger partial charge in [-0.15, -0.1) is 0 Å². The van der Waals surface area contributed by atoms with E-state index in [2.05, 4.69) is 36.3 Å². The first-order chi connectivity index (χ1) is 8.69. The van der Waals surface area contributed by atoms with Gasteiger partial charge in [-0.25, -0.2) is 4.68 Å². The topological polar surface area (TPSA) is 64.1 Å². The molecule has 0 bridgehead atoms. The second-order valence-corrected chi connectivity index (χ2v) is 4.50. The van der Waals surface area contributed by atoms with E-state index in [0.29, 0.717) is 12.4 Å². The molecule has 0 unspecified atom stereocenters. The molecule has 0 aliphatic rings. The second kappa shape index (κ2) is 5.69. The van der Waals surface area contributed by atoms with Crippen molar-refractivity contribution in [2.75, 3.05) is 12.3 Å². The Balaban J connectivity index is 2.00. The summed E-state index contributed by atoms with van der Waals surface area (Å²) in [7, 11) is 0. The minimum atomic E-state index is 0.0587. The SMILES string of the molecule is Cc1cccc(CCc2cc(N)n(CCO)n2)c1. The predicted molar refractivity (Wildman–Crippen MR) is 72.3 cm³/mol. The Labute approximate surface area is 107 Å². The minimum Gasteiger partial charge on any atom is -0.394 e. The third-order valence-corrected chi connectivity index (χ3v) is 2.93. The highest BCUT2D eigenvalue weighted by atomic mass is 16.3. The molecule has 1 heterocycles. The molecule has 0 atom stereocenters. The lowest BCUT2D eigenvalue weighted by atomic mass is 10.1. The highest BCUT2D eigenvalue weighted by Gasteiger charge is 2.04. The minimum absolute atomic E-state index is 0.0587. The third-order valence-electron chi connectivity index (χ3n) is 2.93. The lowest BCUT2D eigenvalue weighted by molar-refractivity contribution is 0.270. The smallest absolute Gasteiger partial charge is 0.122 e. The first-order valence-corrected chi connectivity index (χ1v) is 6.17. The number of aromatic nitrogens is 2. The van der Waals surface area contributed by atoms with Crippen molar-refractivity contribution in [2.24, 2.45) is 0 Å². The van der Waals surface area contributed by atoms with E-state index in [1.54, 1.807) is 4.68 Å². The second-order valence-electron chi connectivity index (χ2n) is 4.50. The Hall–Kier alpha value is -1.81. The number of hydrogen-bond donors (Lipinski definition) is 2. The molecule has 4 nitrogen and oxygen atoms in total. The van der Waals surface area contributed by atoms with E-state index >= 15 is 0 Å². The van der Waals surface area contributed by atoms with Gasteiger partial charge >= 0.3 is 0 Å². The molecule has 0 saturated heterocycles. The fraction of sp³-hybridized carbons (Fsp3) is 0.357. The first kappa shape index (κ1) is 12.6. The van der Waals surface area contributed by atoms with Crippen molar-refractivity contribution in [1.82, 2.24) is 9.78 Å². The average molecular weight is 245 g/mol. The summed E-state index contributed by atoms with van der Waals surface area (Å²) < 4.78 is 1.64. The summed E-state index contributed by atoms with van der Waals surface area (Å²) in [5.74, 6) is 0.614. The maximum absolute atomic E-state index is 8.88. The van der Waals surface area contributed by atoms with Gasteiger partial charge in [0.05, 0.1) is 18.8 Å². The zero-order valence-electron chi connectivity index (χ0n) is 10.6. The summed E-state index contributed by atoms with van der Waals surface area (Å²) in [5.41, 5.74) is 9.37. The van der Waals surface area contributed by atoms with Gasteiger partial charge in [0.25, 0.3) is 0 Å². The van der Waals surface area contributed by atoms with Crippen molar-refractivity contribution in [2.45, 2.75) is 26.3 Å². The molecule has 96 valence electrons. The number of rotatable bonds is 5. The lowest BCUT2D eigenvalue weighted by Crippen LogP contribution is -2.07. The molecule has 0 aliphatic heterocycles. The van der Waals surface area contributed by atoms with E-state index in [0.717, 1.165) is 18.5 Å². The molecule has 2 rings (SSSR count). The van der Waals surface area contributed by atoms with Crippen LogP contribution >= 0.6 is 0 Å². The molecule has 0 spiro atoms. The van der Waals surface area contributed by atoms with Crippen molar-refractivity contribution >= 4 is 5.82 Å². The number of hydrogen-bond acceptors (Lipinski definition) is 3. The van der Waals surface area contributed by atoms with Gasteiger partial charge in [-0.3, -0.25) is 0 Å². The van der Waals surface area contributed by atoms with Crippen LogP contribution in [0.1, 0.15) is 16.8 Å². The van der Waals surface area contributed by atoms with E-state index in [4.69, 9.17) is 10.8 Å². The van der Waals surface area contributed by atoms with E-state index in [9.17, 15) is 0 Å². The number of aliphatic hydroxyl groups excluding tert-OH is 1. The van der Waals surface area contributed by atoms with E-state index in [1.165, 1.54) is 11.1 Å². The number of aryl methyl sites for hydroxylation is 3. The van der Waals surface area contributed by atoms with Gasteiger partial charge < -0.3 is 10.8 Å². The molecule has 0 aliphatic carbocycles. The number of anilines is 1. The Morgan fingerprint density at radius 2 is 2.11 bits per heavy atom. The zero-order chi connectivity index (χ0) is 13.0. The molecule has 0 radical (unpaired) electrons. The highest BCUT2D eigenvalue weighted by Crippen LogP contribution is 2.11. The number of nitrogens with zero attached hydrogens (tertiary/aromatic N) is 2. The fourth-order valence-corrected chi connectivity index (χ4v) is 2.02. The molecule has 0 saturated carbocycles. The van der Waals surface area contributed by atoms with Crippen LogP contribution in [-0.4, -0.2) is 21.5 Å². The van der Waals surface area contributed by atoms with E-state index in [-0.39, 0.29) is 6.61 Å². The van der Waals surface area contributed by atoms with Crippen molar-refractivity contribution < 1.29 is 5.11 Å². The number of nitrogen functional groups attached to an aromatic ring is 1. The van der Waals surface area contributed by atoms with Gasteiger partial charge in [0, 0.05) is 6.07 Å². The van der Waals surface area contributed by atoms with Gasteiger partial charge in [-0.2, -0.15) is 5.10 Å². The third kappa shape index (κ3) is 3.11. The summed E-state index contributed by atoms with van der Waals surface area (Å²) in [4.78, 5) is 0. The summed E-state index contributed by atoms with van der Waals surface area (Å²) in [6.07, 6.45) is 1.82. The zero-order valence-corrected chi connectivity index (χ0v) is 10.6. The lowest BCUT2D eigenvalue weighted by Gasteiger charge is -2.01. The monoisotopic (exact) mass is 245 g/mol. The summed E-state index contributed by atoms with van der Waals surface area (Å²) in [6, 6.07) is 10.4. The molecular formula is C14H19N3O. The van der Waals surface area contributed by atoms with Crippen LogP contribution in [0.3, 0.4) is 0 Å². The van der Waals surface area contributed by atoms with E-state index in [1.807, 2.05) is 6.07 Å². The van der Waals surface area contributed by atoms with Gasteiger partial charge in [0.2, 0.25) is 0 Å². The van der Waals surface area contributed by atoms with Gasteiger partial charge in [-0.1, -0.05) is 29.8 Å². The molecule has 18 heavy (non-hydrogen) atoms. The van der Waals surface area contributed by atoms with Crippen LogP contribution in [0.25, 0.3) is 0 Å². The molecule has 0 fully saturated rings. The van der Waals surface area contributed by atoms with Crippen molar-refractivity contribution in [1.29, 1.82) is 0 Å². The van der Waals surface area contributed by atoms with Gasteiger partial charge in [0.15, 0.2) is 0 Å². The Morgan fingerprint density at radius 3 is 2.83 bits per heavy atom. The fourth-order valence-electron chi connectivity index (χ4n) is 2.02. The van der Waals surface area contributed by atoms with Crippen molar-refractivity contribution in [3.8, 4) is 0 Å². The van der Waals surface area contributed by atoms with Crippen LogP contribution in [0.5, 0.6) is 0 Å². The molecule has 4 heteroatoms. The maximum Gasteiger partial charge on any atom is 0.122 e. The maximum atomic E-state index is 8.88. The quantitative estimate of drug-likeness (QED) is 0.840. The van der Waals surface area contributed by atoms with Gasteiger partial charge in [-0.05, 0) is 25.3 Å². The summed E-state index contributed by atoms with van der Waals surface area (Å²) in [5, 5.41) is 13.2. The normalized spacial score (nSPS) is 10.8. The molecule has 2 aromatic rings. The van der Waals surface area contributed by atoms with Crippen molar-refractivity contribution in [3.05, 3.63) is 47.2 Å². The summed E-state index contributed by atoms with van der Waals surface area (Å²) >= 11 is 0. The van der Waals surface area contributed by atoms with Crippen LogP contribution < -0.4 is 5.73 Å². The molecule has 1 aromatic heterocycles. The van der Waals surface area contributed by atoms with Crippen LogP contribution in [-0.2, 0) is 19.4 Å². The summed E-state index contributed by atoms with van der Waals surface area (Å²) in [6.45, 7) is 2.61. The van der Waals surface area contributed by atoms with E-state index < -0.39 is 0 Å². The molecule has 0 amide bonds. The standard InChI is InChI=1S/C14H19N3O/c1-11-3-2-4-12(9-11)5-6-13-10-14(15)17(16-13)7-8-18/h2-4,9-10,18H,5-8,15H2,1H3. The number of aliphatic hydroxyl groups is 1. The molecule has 3 N–H and O–H groups in total. The average Bonchev–Trinajstić information content (AvgIpc) is 2.69. The Kier molecular flexibility index (Phi) is 3.99. The molecular weight excluding hydrogens is 226 g/mol. The predicted octanol–water partition coefficient (Wildman–Crippen LogP) is 1.55. The Bertz CT molecular complexity index is 520.